The van der Waals surface area contributed by atoms with Gasteiger partial charge in [-0.1, -0.05) is 12.1 Å². The number of hydrogen-bond acceptors (Lipinski definition) is 6. The van der Waals surface area contributed by atoms with Gasteiger partial charge in [0, 0.05) is 68.5 Å². The summed E-state index contributed by atoms with van der Waals surface area (Å²) >= 11 is 0. The molecule has 2 aliphatic heterocycles. The molecule has 208 valence electrons. The molecule has 5 atom stereocenters. The lowest BCUT2D eigenvalue weighted by Gasteiger charge is -2.45. The van der Waals surface area contributed by atoms with Crippen LogP contribution in [-0.2, 0) is 10.2 Å². The lowest BCUT2D eigenvalue weighted by molar-refractivity contribution is -0.150. The molecule has 0 unspecified atom stereocenters. The number of hydrogen-bond donors (Lipinski definition) is 0. The van der Waals surface area contributed by atoms with E-state index in [1.165, 1.54) is 0 Å². The van der Waals surface area contributed by atoms with Gasteiger partial charge in [-0.05, 0) is 59.4 Å². The average molecular weight is 526 g/mol. The van der Waals surface area contributed by atoms with E-state index in [0.29, 0.717) is 63.0 Å². The van der Waals surface area contributed by atoms with Gasteiger partial charge in [-0.25, -0.2) is 13.2 Å². The number of aromatic nitrogens is 2. The Morgan fingerprint density at radius 3 is 2.51 bits per heavy atom. The van der Waals surface area contributed by atoms with Crippen molar-refractivity contribution < 1.29 is 22.5 Å². The Labute approximate surface area is 218 Å². The number of likely N-dealkylation sites (tertiary alicyclic amines) is 2. The fraction of sp³-hybridized carbons (Fsp3) is 0.889. The van der Waals surface area contributed by atoms with Gasteiger partial charge in [0.2, 0.25) is 11.8 Å². The summed E-state index contributed by atoms with van der Waals surface area (Å²) in [6, 6.07) is 0.402. The molecule has 7 nitrogen and oxygen atoms in total. The fourth-order valence-electron chi connectivity index (χ4n) is 6.67. The van der Waals surface area contributed by atoms with Crippen molar-refractivity contribution in [3.05, 3.63) is 11.7 Å². The normalized spacial score (nSPS) is 33.9. The molecule has 2 saturated heterocycles. The number of halogens is 3. The fourth-order valence-corrected chi connectivity index (χ4v) is 6.67. The number of likely N-dealkylation sites (N-methyl/N-ethyl adjacent to an activating group) is 1. The number of rotatable bonds is 7. The molecule has 0 bridgehead atoms. The Morgan fingerprint density at radius 2 is 1.89 bits per heavy atom. The standard InChI is InChI=1S/C27H42F3N5O2/c1-17(2)35-11-7-18(16-35)33(4)22-6-5-8-27(29,30)20(22)15-23(36)34-12-9-26(3,10-13-34)25-31-24(37-32-25)19-14-21(19)28/h17-22H,5-16H2,1-4H3/t18-,19-,20-,21+,22+/m1/s1. The van der Waals surface area contributed by atoms with Crippen molar-refractivity contribution in [3.63, 3.8) is 0 Å². The van der Waals surface area contributed by atoms with E-state index in [-0.39, 0.29) is 42.2 Å². The van der Waals surface area contributed by atoms with Gasteiger partial charge >= 0.3 is 0 Å². The Bertz CT molecular complexity index is 964. The van der Waals surface area contributed by atoms with Crippen LogP contribution in [0.1, 0.15) is 89.8 Å². The summed E-state index contributed by atoms with van der Waals surface area (Å²) in [5.41, 5.74) is -0.373. The molecule has 0 aromatic carbocycles. The van der Waals surface area contributed by atoms with E-state index in [0.717, 1.165) is 19.5 Å². The molecule has 1 amide bonds. The first-order chi connectivity index (χ1) is 17.5. The van der Waals surface area contributed by atoms with Gasteiger partial charge in [0.25, 0.3) is 5.92 Å². The van der Waals surface area contributed by atoms with Crippen LogP contribution in [0.3, 0.4) is 0 Å². The van der Waals surface area contributed by atoms with Crippen LogP contribution in [-0.4, -0.2) is 94.2 Å². The van der Waals surface area contributed by atoms with Crippen LogP contribution >= 0.6 is 0 Å². The van der Waals surface area contributed by atoms with Gasteiger partial charge in [-0.2, -0.15) is 4.98 Å². The van der Waals surface area contributed by atoms with E-state index < -0.39 is 18.0 Å². The van der Waals surface area contributed by atoms with E-state index in [1.54, 1.807) is 4.90 Å². The quantitative estimate of drug-likeness (QED) is 0.526. The summed E-state index contributed by atoms with van der Waals surface area (Å²) in [5.74, 6) is -3.36. The molecule has 2 aliphatic carbocycles. The van der Waals surface area contributed by atoms with Crippen LogP contribution in [0.5, 0.6) is 0 Å². The highest BCUT2D eigenvalue weighted by Gasteiger charge is 2.51. The molecule has 1 aromatic heterocycles. The lowest BCUT2D eigenvalue weighted by Crippen LogP contribution is -2.54. The van der Waals surface area contributed by atoms with E-state index in [2.05, 4.69) is 33.8 Å². The first-order valence-electron chi connectivity index (χ1n) is 14.1. The Hall–Kier alpha value is -1.68. The highest BCUT2D eigenvalue weighted by Crippen LogP contribution is 2.45. The van der Waals surface area contributed by atoms with Gasteiger partial charge in [0.1, 0.15) is 6.17 Å². The molecule has 5 rings (SSSR count). The molecule has 2 saturated carbocycles. The Balaban J connectivity index is 1.21. The highest BCUT2D eigenvalue weighted by molar-refractivity contribution is 5.76. The predicted molar refractivity (Wildman–Crippen MR) is 133 cm³/mol. The number of nitrogens with zero attached hydrogens (tertiary/aromatic N) is 5. The molecule has 0 spiro atoms. The third kappa shape index (κ3) is 5.42. The second kappa shape index (κ2) is 10.1. The van der Waals surface area contributed by atoms with Crippen LogP contribution in [0.2, 0.25) is 0 Å². The summed E-state index contributed by atoms with van der Waals surface area (Å²) in [6.07, 6.45) is 2.70. The molecule has 3 heterocycles. The molecule has 1 aromatic rings. The van der Waals surface area contributed by atoms with E-state index in [1.807, 2.05) is 14.0 Å². The molecular formula is C27H42F3N5O2. The van der Waals surface area contributed by atoms with Crippen molar-refractivity contribution in [2.24, 2.45) is 5.92 Å². The zero-order valence-electron chi connectivity index (χ0n) is 22.6. The van der Waals surface area contributed by atoms with Gasteiger partial charge < -0.3 is 9.42 Å². The minimum atomic E-state index is -2.84. The summed E-state index contributed by atoms with van der Waals surface area (Å²) in [5, 5.41) is 4.11. The maximum Gasteiger partial charge on any atom is 0.252 e. The predicted octanol–water partition coefficient (Wildman–Crippen LogP) is 4.38. The third-order valence-electron chi connectivity index (χ3n) is 9.67. The van der Waals surface area contributed by atoms with Gasteiger partial charge in [0.15, 0.2) is 5.82 Å². The average Bonchev–Trinajstić information content (AvgIpc) is 3.25. The van der Waals surface area contributed by atoms with Gasteiger partial charge in [0.05, 0.1) is 5.92 Å². The third-order valence-corrected chi connectivity index (χ3v) is 9.67. The van der Waals surface area contributed by atoms with Crippen LogP contribution in [0.25, 0.3) is 0 Å². The Kier molecular flexibility index (Phi) is 7.37. The minimum absolute atomic E-state index is 0.120. The summed E-state index contributed by atoms with van der Waals surface area (Å²) in [7, 11) is 1.98. The van der Waals surface area contributed by atoms with E-state index in [4.69, 9.17) is 4.52 Å². The molecular weight excluding hydrogens is 483 g/mol. The zero-order chi connectivity index (χ0) is 26.5. The highest BCUT2D eigenvalue weighted by atomic mass is 19.3. The minimum Gasteiger partial charge on any atom is -0.343 e. The van der Waals surface area contributed by atoms with Crippen LogP contribution in [0.4, 0.5) is 13.2 Å². The van der Waals surface area contributed by atoms with Crippen molar-refractivity contribution in [3.8, 4) is 0 Å². The number of carbonyl (C=O) groups excluding carboxylic acids is 1. The van der Waals surface area contributed by atoms with Gasteiger partial charge in [-0.3, -0.25) is 14.6 Å². The first kappa shape index (κ1) is 26.9. The van der Waals surface area contributed by atoms with Gasteiger partial charge in [-0.15, -0.1) is 0 Å². The molecule has 4 aliphatic rings. The van der Waals surface area contributed by atoms with Crippen molar-refractivity contribution in [1.82, 2.24) is 24.8 Å². The van der Waals surface area contributed by atoms with Crippen molar-refractivity contribution in [1.29, 1.82) is 0 Å². The van der Waals surface area contributed by atoms with Crippen molar-refractivity contribution in [2.75, 3.05) is 33.2 Å². The van der Waals surface area contributed by atoms with Crippen LogP contribution in [0, 0.1) is 5.92 Å². The second-order valence-corrected chi connectivity index (χ2v) is 12.5. The molecule has 0 N–H and O–H groups in total. The summed E-state index contributed by atoms with van der Waals surface area (Å²) < 4.78 is 49.2. The molecule has 0 radical (unpaired) electrons. The number of piperidine rings is 1. The molecule has 4 fully saturated rings. The van der Waals surface area contributed by atoms with E-state index >= 15 is 8.78 Å². The molecule has 37 heavy (non-hydrogen) atoms. The number of alkyl halides is 3. The summed E-state index contributed by atoms with van der Waals surface area (Å²) in [4.78, 5) is 24.1. The zero-order valence-corrected chi connectivity index (χ0v) is 22.6. The van der Waals surface area contributed by atoms with E-state index in [9.17, 15) is 9.18 Å². The smallest absolute Gasteiger partial charge is 0.252 e. The largest absolute Gasteiger partial charge is 0.343 e. The molecule has 10 heteroatoms. The topological polar surface area (TPSA) is 65.7 Å². The number of amides is 1. The monoisotopic (exact) mass is 525 g/mol. The van der Waals surface area contributed by atoms with Crippen LogP contribution < -0.4 is 0 Å². The Morgan fingerprint density at radius 1 is 1.19 bits per heavy atom. The summed E-state index contributed by atoms with van der Waals surface area (Å²) in [6.45, 7) is 9.21. The number of carbonyl (C=O) groups is 1. The first-order valence-corrected chi connectivity index (χ1v) is 14.1. The maximum absolute atomic E-state index is 15.3. The maximum atomic E-state index is 15.3. The van der Waals surface area contributed by atoms with Crippen molar-refractivity contribution in [2.45, 2.75) is 114 Å². The SMILES string of the molecule is CC(C)N1CC[C@@H](N(C)[C@H]2CCCC(F)(F)[C@@H]2CC(=O)N2CCC(C)(c3noc([C@@H]4C[C@@H]4F)n3)CC2)C1. The second-order valence-electron chi connectivity index (χ2n) is 12.5. The van der Waals surface area contributed by atoms with Crippen LogP contribution in [0.15, 0.2) is 4.52 Å². The van der Waals surface area contributed by atoms with Crippen molar-refractivity contribution >= 4 is 5.91 Å². The lowest BCUT2D eigenvalue weighted by atomic mass is 9.77.